The van der Waals surface area contributed by atoms with Crippen molar-refractivity contribution in [2.45, 2.75) is 6.54 Å². The third-order valence-corrected chi connectivity index (χ3v) is 3.35. The Labute approximate surface area is 118 Å². The Balaban J connectivity index is 1.84. The Morgan fingerprint density at radius 3 is 2.90 bits per heavy atom. The first kappa shape index (κ1) is 11.7. The van der Waals surface area contributed by atoms with Gasteiger partial charge >= 0.3 is 0 Å². The van der Waals surface area contributed by atoms with Crippen molar-refractivity contribution in [1.82, 2.24) is 28.9 Å². The van der Waals surface area contributed by atoms with E-state index in [0.717, 1.165) is 11.3 Å². The van der Waals surface area contributed by atoms with E-state index in [2.05, 4.69) is 19.9 Å². The van der Waals surface area contributed by atoms with Gasteiger partial charge in [0.25, 0.3) is 5.56 Å². The van der Waals surface area contributed by atoms with E-state index in [1.165, 1.54) is 0 Å². The summed E-state index contributed by atoms with van der Waals surface area (Å²) in [6.07, 6.45) is 11.6. The van der Waals surface area contributed by atoms with E-state index in [1.807, 2.05) is 10.6 Å². The van der Waals surface area contributed by atoms with Crippen LogP contribution >= 0.6 is 0 Å². The Bertz CT molecular complexity index is 1000. The highest BCUT2D eigenvalue weighted by atomic mass is 16.1. The number of rotatable bonds is 2. The zero-order chi connectivity index (χ0) is 14.2. The van der Waals surface area contributed by atoms with Crippen LogP contribution in [0.3, 0.4) is 0 Å². The molecule has 4 aromatic rings. The number of aromatic nitrogens is 6. The summed E-state index contributed by atoms with van der Waals surface area (Å²) in [7, 11) is 0. The number of hydrogen-bond acceptors (Lipinski definition) is 5. The van der Waals surface area contributed by atoms with Gasteiger partial charge in [0, 0.05) is 24.8 Å². The van der Waals surface area contributed by atoms with E-state index in [1.54, 1.807) is 47.9 Å². The van der Waals surface area contributed by atoms with E-state index in [-0.39, 0.29) is 5.56 Å². The molecule has 0 N–H and O–H groups in total. The average molecular weight is 278 g/mol. The summed E-state index contributed by atoms with van der Waals surface area (Å²) < 4.78 is 3.45. The van der Waals surface area contributed by atoms with Gasteiger partial charge in [-0.05, 0) is 6.07 Å². The number of imidazole rings is 1. The van der Waals surface area contributed by atoms with E-state index in [9.17, 15) is 4.79 Å². The van der Waals surface area contributed by atoms with Gasteiger partial charge < -0.3 is 0 Å². The molecule has 0 amide bonds. The maximum atomic E-state index is 12.4. The zero-order valence-electron chi connectivity index (χ0n) is 10.9. The van der Waals surface area contributed by atoms with Crippen molar-refractivity contribution < 1.29 is 0 Å². The van der Waals surface area contributed by atoms with Gasteiger partial charge in [-0.2, -0.15) is 0 Å². The van der Waals surface area contributed by atoms with Crippen molar-refractivity contribution >= 4 is 16.6 Å². The van der Waals surface area contributed by atoms with Crippen LogP contribution < -0.4 is 5.56 Å². The van der Waals surface area contributed by atoms with E-state index < -0.39 is 0 Å². The Kier molecular flexibility index (Phi) is 2.50. The molecule has 0 aliphatic rings. The Hall–Kier alpha value is -3.09. The topological polar surface area (TPSA) is 78.0 Å². The molecule has 21 heavy (non-hydrogen) atoms. The Morgan fingerprint density at radius 2 is 1.95 bits per heavy atom. The number of fused-ring (bicyclic) bond motifs is 2. The molecular formula is C14H10N6O. The van der Waals surface area contributed by atoms with Crippen molar-refractivity contribution in [3.63, 3.8) is 0 Å². The molecule has 4 rings (SSSR count). The molecular weight excluding hydrogens is 268 g/mol. The van der Waals surface area contributed by atoms with Gasteiger partial charge in [0.15, 0.2) is 5.65 Å². The molecule has 4 heterocycles. The van der Waals surface area contributed by atoms with Gasteiger partial charge in [0.1, 0.15) is 0 Å². The Morgan fingerprint density at radius 1 is 1.05 bits per heavy atom. The third-order valence-electron chi connectivity index (χ3n) is 3.35. The predicted molar refractivity (Wildman–Crippen MR) is 75.9 cm³/mol. The van der Waals surface area contributed by atoms with Crippen LogP contribution in [0.15, 0.2) is 54.4 Å². The SMILES string of the molecule is O=c1c2cnccc2ncn1Cc1cnc2cnccn12. The number of hydrogen-bond donors (Lipinski definition) is 0. The largest absolute Gasteiger partial charge is 0.299 e. The lowest BCUT2D eigenvalue weighted by atomic mass is 10.3. The quantitative estimate of drug-likeness (QED) is 0.544. The molecule has 0 radical (unpaired) electrons. The van der Waals surface area contributed by atoms with Crippen LogP contribution in [0, 0.1) is 0 Å². The van der Waals surface area contributed by atoms with Gasteiger partial charge in [-0.1, -0.05) is 0 Å². The zero-order valence-corrected chi connectivity index (χ0v) is 10.9. The summed E-state index contributed by atoms with van der Waals surface area (Å²) in [5, 5.41) is 0.510. The first-order chi connectivity index (χ1) is 10.3. The van der Waals surface area contributed by atoms with Crippen LogP contribution in [-0.4, -0.2) is 28.9 Å². The van der Waals surface area contributed by atoms with E-state index in [0.29, 0.717) is 17.4 Å². The molecule has 102 valence electrons. The molecule has 0 aromatic carbocycles. The minimum atomic E-state index is -0.114. The molecule has 0 bridgehead atoms. The summed E-state index contributed by atoms with van der Waals surface area (Å²) >= 11 is 0. The second-order valence-electron chi connectivity index (χ2n) is 4.62. The molecule has 0 saturated heterocycles. The second-order valence-corrected chi connectivity index (χ2v) is 4.62. The minimum Gasteiger partial charge on any atom is -0.299 e. The monoisotopic (exact) mass is 278 g/mol. The van der Waals surface area contributed by atoms with Crippen molar-refractivity contribution in [3.05, 3.63) is 65.6 Å². The molecule has 7 nitrogen and oxygen atoms in total. The molecule has 4 aromatic heterocycles. The molecule has 0 unspecified atom stereocenters. The molecule has 0 aliphatic carbocycles. The van der Waals surface area contributed by atoms with Crippen molar-refractivity contribution in [2.24, 2.45) is 0 Å². The van der Waals surface area contributed by atoms with Crippen LogP contribution in [0.1, 0.15) is 5.69 Å². The highest BCUT2D eigenvalue weighted by Crippen LogP contribution is 2.07. The van der Waals surface area contributed by atoms with Crippen molar-refractivity contribution in [2.75, 3.05) is 0 Å². The number of nitrogens with zero attached hydrogens (tertiary/aromatic N) is 6. The lowest BCUT2D eigenvalue weighted by molar-refractivity contribution is 0.723. The lowest BCUT2D eigenvalue weighted by Gasteiger charge is -2.06. The summed E-state index contributed by atoms with van der Waals surface area (Å²) in [5.74, 6) is 0. The van der Waals surface area contributed by atoms with Crippen LogP contribution in [0.4, 0.5) is 0 Å². The van der Waals surface area contributed by atoms with Gasteiger partial charge in [0.2, 0.25) is 0 Å². The molecule has 7 heteroatoms. The van der Waals surface area contributed by atoms with Crippen LogP contribution in [0.5, 0.6) is 0 Å². The number of pyridine rings is 1. The van der Waals surface area contributed by atoms with Crippen molar-refractivity contribution in [3.8, 4) is 0 Å². The molecule has 0 saturated carbocycles. The summed E-state index contributed by atoms with van der Waals surface area (Å²) in [5.41, 5.74) is 2.17. The fraction of sp³-hybridized carbons (Fsp3) is 0.0714. The highest BCUT2D eigenvalue weighted by Gasteiger charge is 2.07. The molecule has 0 aliphatic heterocycles. The lowest BCUT2D eigenvalue weighted by Crippen LogP contribution is -2.21. The maximum Gasteiger partial charge on any atom is 0.263 e. The van der Waals surface area contributed by atoms with Gasteiger partial charge in [-0.25, -0.2) is 9.97 Å². The van der Waals surface area contributed by atoms with Crippen LogP contribution in [0.2, 0.25) is 0 Å². The molecule has 0 fully saturated rings. The smallest absolute Gasteiger partial charge is 0.263 e. The molecule has 0 spiro atoms. The molecule has 0 atom stereocenters. The van der Waals surface area contributed by atoms with E-state index >= 15 is 0 Å². The minimum absolute atomic E-state index is 0.114. The van der Waals surface area contributed by atoms with Crippen molar-refractivity contribution in [1.29, 1.82) is 0 Å². The summed E-state index contributed by atoms with van der Waals surface area (Å²) in [4.78, 5) is 29.0. The summed E-state index contributed by atoms with van der Waals surface area (Å²) in [6, 6.07) is 1.72. The fourth-order valence-corrected chi connectivity index (χ4v) is 2.30. The van der Waals surface area contributed by atoms with E-state index in [4.69, 9.17) is 0 Å². The first-order valence-corrected chi connectivity index (χ1v) is 6.38. The first-order valence-electron chi connectivity index (χ1n) is 6.38. The normalized spacial score (nSPS) is 11.2. The maximum absolute atomic E-state index is 12.4. The van der Waals surface area contributed by atoms with Gasteiger partial charge in [-0.3, -0.25) is 23.7 Å². The third kappa shape index (κ3) is 1.86. The summed E-state index contributed by atoms with van der Waals surface area (Å²) in [6.45, 7) is 0.391. The van der Waals surface area contributed by atoms with Gasteiger partial charge in [0.05, 0.1) is 41.9 Å². The fourth-order valence-electron chi connectivity index (χ4n) is 2.30. The predicted octanol–water partition coefficient (Wildman–Crippen LogP) is 0.882. The standard InChI is InChI=1S/C14H10N6O/c21-14-11-6-15-2-1-12(11)18-9-19(14)8-10-5-17-13-7-16-3-4-20(10)13/h1-7,9H,8H2. The second kappa shape index (κ2) is 4.48. The van der Waals surface area contributed by atoms with Crippen LogP contribution in [-0.2, 0) is 6.54 Å². The highest BCUT2D eigenvalue weighted by molar-refractivity contribution is 5.75. The van der Waals surface area contributed by atoms with Crippen LogP contribution in [0.25, 0.3) is 16.6 Å². The van der Waals surface area contributed by atoms with Gasteiger partial charge in [-0.15, -0.1) is 0 Å². The average Bonchev–Trinajstić information content (AvgIpc) is 2.94.